The Morgan fingerprint density at radius 1 is 1.22 bits per heavy atom. The summed E-state index contributed by atoms with van der Waals surface area (Å²) in [5.41, 5.74) is 0. The minimum Gasteiger partial charge on any atom is -0.226 e. The summed E-state index contributed by atoms with van der Waals surface area (Å²) < 4.78 is 13.6. The zero-order valence-corrected chi connectivity index (χ0v) is 11.0. The lowest BCUT2D eigenvalue weighted by Crippen LogP contribution is -1.94. The Morgan fingerprint density at radius 2 is 2.00 bits per heavy atom. The summed E-state index contributed by atoms with van der Waals surface area (Å²) in [4.78, 5) is 9.19. The first-order chi connectivity index (χ1) is 8.72. The van der Waals surface area contributed by atoms with E-state index in [9.17, 15) is 4.39 Å². The van der Waals surface area contributed by atoms with Crippen molar-refractivity contribution in [3.8, 4) is 0 Å². The van der Waals surface area contributed by atoms with E-state index in [1.54, 1.807) is 24.3 Å². The SMILES string of the molecule is Fc1ccccc1Sc1cc(Cl)nc(C2CC2)n1. The number of nitrogens with zero attached hydrogens (tertiary/aromatic N) is 2. The third-order valence-corrected chi connectivity index (χ3v) is 3.85. The van der Waals surface area contributed by atoms with Crippen LogP contribution < -0.4 is 0 Å². The Balaban J connectivity index is 1.90. The molecule has 18 heavy (non-hydrogen) atoms. The third-order valence-electron chi connectivity index (χ3n) is 2.68. The molecule has 1 aliphatic carbocycles. The fourth-order valence-corrected chi connectivity index (χ4v) is 2.73. The van der Waals surface area contributed by atoms with Gasteiger partial charge in [0.05, 0.1) is 0 Å². The van der Waals surface area contributed by atoms with Gasteiger partial charge in [-0.15, -0.1) is 0 Å². The van der Waals surface area contributed by atoms with Crippen molar-refractivity contribution >= 4 is 23.4 Å². The van der Waals surface area contributed by atoms with Crippen molar-refractivity contribution in [2.75, 3.05) is 0 Å². The fraction of sp³-hybridized carbons (Fsp3) is 0.231. The molecule has 0 unspecified atom stereocenters. The standard InChI is InChI=1S/C13H10ClFN2S/c14-11-7-12(17-13(16-11)8-5-6-8)18-10-4-2-1-3-9(10)15/h1-4,7-8H,5-6H2. The van der Waals surface area contributed by atoms with Crippen LogP contribution >= 0.6 is 23.4 Å². The van der Waals surface area contributed by atoms with Crippen LogP contribution in [0.1, 0.15) is 24.6 Å². The quantitative estimate of drug-likeness (QED) is 0.784. The van der Waals surface area contributed by atoms with Gasteiger partial charge in [0.2, 0.25) is 0 Å². The molecule has 1 aromatic carbocycles. The lowest BCUT2D eigenvalue weighted by atomic mass is 10.3. The lowest BCUT2D eigenvalue weighted by Gasteiger charge is -2.04. The molecular formula is C13H10ClFN2S. The number of hydrogen-bond acceptors (Lipinski definition) is 3. The van der Waals surface area contributed by atoms with Crippen LogP contribution in [0, 0.1) is 5.82 Å². The van der Waals surface area contributed by atoms with Crippen LogP contribution in [0.3, 0.4) is 0 Å². The predicted molar refractivity (Wildman–Crippen MR) is 69.5 cm³/mol. The van der Waals surface area contributed by atoms with Crippen LogP contribution in [0.2, 0.25) is 5.15 Å². The molecule has 0 spiro atoms. The maximum atomic E-state index is 13.6. The minimum absolute atomic E-state index is 0.245. The molecule has 1 fully saturated rings. The molecule has 0 N–H and O–H groups in total. The van der Waals surface area contributed by atoms with Crippen molar-refractivity contribution in [3.63, 3.8) is 0 Å². The summed E-state index contributed by atoms with van der Waals surface area (Å²) >= 11 is 7.25. The first-order valence-corrected chi connectivity index (χ1v) is 6.88. The van der Waals surface area contributed by atoms with Gasteiger partial charge in [-0.05, 0) is 25.0 Å². The molecule has 0 aliphatic heterocycles. The zero-order valence-electron chi connectivity index (χ0n) is 9.44. The van der Waals surface area contributed by atoms with Crippen LogP contribution in [0.4, 0.5) is 4.39 Å². The number of rotatable bonds is 3. The molecule has 0 saturated heterocycles. The first kappa shape index (κ1) is 11.9. The molecule has 0 atom stereocenters. The average Bonchev–Trinajstić information content (AvgIpc) is 3.15. The molecule has 92 valence electrons. The van der Waals surface area contributed by atoms with Gasteiger partial charge in [0.25, 0.3) is 0 Å². The van der Waals surface area contributed by atoms with Crippen molar-refractivity contribution in [3.05, 3.63) is 47.1 Å². The second-order valence-corrected chi connectivity index (χ2v) is 5.64. The van der Waals surface area contributed by atoms with Gasteiger partial charge in [-0.3, -0.25) is 0 Å². The summed E-state index contributed by atoms with van der Waals surface area (Å²) in [7, 11) is 0. The molecule has 1 aliphatic rings. The van der Waals surface area contributed by atoms with Gasteiger partial charge < -0.3 is 0 Å². The van der Waals surface area contributed by atoms with E-state index < -0.39 is 0 Å². The maximum Gasteiger partial charge on any atom is 0.137 e. The molecule has 0 radical (unpaired) electrons. The number of benzene rings is 1. The van der Waals surface area contributed by atoms with Crippen LogP contribution in [0.15, 0.2) is 40.3 Å². The smallest absolute Gasteiger partial charge is 0.137 e. The van der Waals surface area contributed by atoms with E-state index in [-0.39, 0.29) is 5.82 Å². The highest BCUT2D eigenvalue weighted by Crippen LogP contribution is 2.39. The van der Waals surface area contributed by atoms with Crippen molar-refractivity contribution in [2.24, 2.45) is 0 Å². The monoisotopic (exact) mass is 280 g/mol. The van der Waals surface area contributed by atoms with Crippen molar-refractivity contribution < 1.29 is 4.39 Å². The molecule has 2 aromatic rings. The number of halogens is 2. The third kappa shape index (κ3) is 2.65. The summed E-state index contributed by atoms with van der Waals surface area (Å²) in [6.45, 7) is 0. The molecule has 1 heterocycles. The van der Waals surface area contributed by atoms with E-state index >= 15 is 0 Å². The topological polar surface area (TPSA) is 25.8 Å². The van der Waals surface area contributed by atoms with Gasteiger partial charge in [-0.2, -0.15) is 0 Å². The van der Waals surface area contributed by atoms with Crippen molar-refractivity contribution in [1.29, 1.82) is 0 Å². The highest BCUT2D eigenvalue weighted by Gasteiger charge is 2.27. The van der Waals surface area contributed by atoms with Crippen molar-refractivity contribution in [1.82, 2.24) is 9.97 Å². The van der Waals surface area contributed by atoms with Gasteiger partial charge >= 0.3 is 0 Å². The van der Waals surface area contributed by atoms with Gasteiger partial charge in [0.1, 0.15) is 21.8 Å². The Kier molecular flexibility index (Phi) is 3.22. The second-order valence-electron chi connectivity index (χ2n) is 4.19. The number of hydrogen-bond donors (Lipinski definition) is 0. The molecular weight excluding hydrogens is 271 g/mol. The van der Waals surface area contributed by atoms with Crippen LogP contribution in [0.25, 0.3) is 0 Å². The molecule has 0 bridgehead atoms. The maximum absolute atomic E-state index is 13.6. The van der Waals surface area contributed by atoms with Crippen LogP contribution in [-0.4, -0.2) is 9.97 Å². The molecule has 5 heteroatoms. The highest BCUT2D eigenvalue weighted by molar-refractivity contribution is 7.99. The Morgan fingerprint density at radius 3 is 2.72 bits per heavy atom. The molecule has 1 saturated carbocycles. The van der Waals surface area contributed by atoms with E-state index in [2.05, 4.69) is 9.97 Å². The Bertz CT molecular complexity index is 587. The van der Waals surface area contributed by atoms with E-state index in [0.717, 1.165) is 18.7 Å². The summed E-state index contributed by atoms with van der Waals surface area (Å²) in [5.74, 6) is 0.968. The average molecular weight is 281 g/mol. The predicted octanol–water partition coefficient (Wildman–Crippen LogP) is 4.30. The van der Waals surface area contributed by atoms with E-state index in [1.807, 2.05) is 0 Å². The van der Waals surface area contributed by atoms with Gasteiger partial charge in [-0.25, -0.2) is 14.4 Å². The van der Waals surface area contributed by atoms with Gasteiger partial charge in [0, 0.05) is 16.9 Å². The normalized spacial score (nSPS) is 14.8. The Hall–Kier alpha value is -1.13. The molecule has 2 nitrogen and oxygen atoms in total. The summed E-state index contributed by atoms with van der Waals surface area (Å²) in [6.07, 6.45) is 2.23. The Labute approximate surface area is 114 Å². The van der Waals surface area contributed by atoms with Gasteiger partial charge in [-0.1, -0.05) is 35.5 Å². The van der Waals surface area contributed by atoms with E-state index in [0.29, 0.717) is 21.0 Å². The first-order valence-electron chi connectivity index (χ1n) is 5.69. The second kappa shape index (κ2) is 4.86. The fourth-order valence-electron chi connectivity index (χ4n) is 1.63. The summed E-state index contributed by atoms with van der Waals surface area (Å²) in [6, 6.07) is 8.31. The van der Waals surface area contributed by atoms with Crippen molar-refractivity contribution in [2.45, 2.75) is 28.7 Å². The molecule has 1 aromatic heterocycles. The number of aromatic nitrogens is 2. The lowest BCUT2D eigenvalue weighted by molar-refractivity contribution is 0.602. The molecule has 3 rings (SSSR count). The molecule has 0 amide bonds. The summed E-state index contributed by atoms with van der Waals surface area (Å²) in [5, 5.41) is 1.12. The van der Waals surface area contributed by atoms with Gasteiger partial charge in [0.15, 0.2) is 0 Å². The van der Waals surface area contributed by atoms with Crippen LogP contribution in [0.5, 0.6) is 0 Å². The largest absolute Gasteiger partial charge is 0.226 e. The van der Waals surface area contributed by atoms with Crippen LogP contribution in [-0.2, 0) is 0 Å². The van der Waals surface area contributed by atoms with E-state index in [4.69, 9.17) is 11.6 Å². The highest BCUT2D eigenvalue weighted by atomic mass is 35.5. The zero-order chi connectivity index (χ0) is 12.5. The minimum atomic E-state index is -0.245. The van der Waals surface area contributed by atoms with E-state index in [1.165, 1.54) is 17.8 Å².